The van der Waals surface area contributed by atoms with Crippen LogP contribution >= 0.6 is 0 Å². The number of hydrogen-bond acceptors (Lipinski definition) is 4. The third-order valence-corrected chi connectivity index (χ3v) is 4.46. The van der Waals surface area contributed by atoms with Crippen LogP contribution in [0.25, 0.3) is 0 Å². The number of rotatable bonds is 2. The molecule has 2 saturated heterocycles. The summed E-state index contributed by atoms with van der Waals surface area (Å²) in [5.74, 6) is 1.78. The number of nitrogens with zero attached hydrogens (tertiary/aromatic N) is 3. The summed E-state index contributed by atoms with van der Waals surface area (Å²) in [5, 5.41) is 3.65. The maximum Gasteiger partial charge on any atom is 0.225 e. The zero-order valence-corrected chi connectivity index (χ0v) is 12.0. The van der Waals surface area contributed by atoms with Crippen LogP contribution in [0.1, 0.15) is 37.1 Å². The molecule has 0 amide bonds. The van der Waals surface area contributed by atoms with E-state index in [1.54, 1.807) is 0 Å². The van der Waals surface area contributed by atoms with Crippen LogP contribution in [-0.2, 0) is 0 Å². The fourth-order valence-corrected chi connectivity index (χ4v) is 3.46. The van der Waals surface area contributed by atoms with Crippen molar-refractivity contribution >= 4 is 5.95 Å². The summed E-state index contributed by atoms with van der Waals surface area (Å²) in [7, 11) is 0. The molecule has 1 aromatic heterocycles. The van der Waals surface area contributed by atoms with E-state index in [9.17, 15) is 0 Å². The molecule has 0 aliphatic carbocycles. The molecule has 104 valence electrons. The average molecular weight is 260 g/mol. The summed E-state index contributed by atoms with van der Waals surface area (Å²) < 4.78 is 0. The summed E-state index contributed by atoms with van der Waals surface area (Å²) in [6, 6.07) is 2.81. The fourth-order valence-electron chi connectivity index (χ4n) is 3.46. The Kier molecular flexibility index (Phi) is 3.69. The van der Waals surface area contributed by atoms with E-state index in [-0.39, 0.29) is 0 Å². The summed E-state index contributed by atoms with van der Waals surface area (Å²) in [4.78, 5) is 11.5. The topological polar surface area (TPSA) is 41.1 Å². The molecule has 4 heteroatoms. The number of anilines is 1. The van der Waals surface area contributed by atoms with Gasteiger partial charge in [-0.3, -0.25) is 0 Å². The zero-order valence-electron chi connectivity index (χ0n) is 12.0. The molecule has 0 radical (unpaired) electrons. The van der Waals surface area contributed by atoms with Gasteiger partial charge in [0.05, 0.1) is 0 Å². The van der Waals surface area contributed by atoms with E-state index in [4.69, 9.17) is 0 Å². The van der Waals surface area contributed by atoms with Crippen LogP contribution in [0, 0.1) is 19.8 Å². The first kappa shape index (κ1) is 12.9. The Labute approximate surface area is 115 Å². The van der Waals surface area contributed by atoms with Crippen molar-refractivity contribution in [2.75, 3.05) is 24.5 Å². The highest BCUT2D eigenvalue weighted by Crippen LogP contribution is 2.27. The van der Waals surface area contributed by atoms with E-state index in [2.05, 4.69) is 20.2 Å². The number of hydrogen-bond donors (Lipinski definition) is 1. The molecule has 3 rings (SSSR count). The molecule has 2 fully saturated rings. The molecule has 3 heterocycles. The van der Waals surface area contributed by atoms with Crippen LogP contribution in [-0.4, -0.2) is 35.6 Å². The van der Waals surface area contributed by atoms with Gasteiger partial charge in [0.1, 0.15) is 0 Å². The lowest BCUT2D eigenvalue weighted by Gasteiger charge is -2.35. The van der Waals surface area contributed by atoms with Gasteiger partial charge in [-0.2, -0.15) is 0 Å². The molecule has 2 aliphatic rings. The average Bonchev–Trinajstić information content (AvgIpc) is 2.91. The Morgan fingerprint density at radius 1 is 1.11 bits per heavy atom. The Balaban J connectivity index is 1.63. The lowest BCUT2D eigenvalue weighted by Crippen LogP contribution is -2.41. The van der Waals surface area contributed by atoms with Crippen LogP contribution < -0.4 is 10.2 Å². The van der Waals surface area contributed by atoms with Gasteiger partial charge in [-0.25, -0.2) is 9.97 Å². The van der Waals surface area contributed by atoms with Crippen molar-refractivity contribution in [3.63, 3.8) is 0 Å². The van der Waals surface area contributed by atoms with Crippen molar-refractivity contribution < 1.29 is 0 Å². The quantitative estimate of drug-likeness (QED) is 0.884. The smallest absolute Gasteiger partial charge is 0.225 e. The van der Waals surface area contributed by atoms with Gasteiger partial charge in [0.25, 0.3) is 0 Å². The third-order valence-electron chi connectivity index (χ3n) is 4.46. The minimum absolute atomic E-state index is 0.766. The van der Waals surface area contributed by atoms with Gasteiger partial charge in [0.15, 0.2) is 0 Å². The first-order valence-electron chi connectivity index (χ1n) is 7.53. The van der Waals surface area contributed by atoms with Crippen LogP contribution in [0.15, 0.2) is 6.07 Å². The van der Waals surface area contributed by atoms with E-state index in [1.165, 1.54) is 32.2 Å². The molecular weight excluding hydrogens is 236 g/mol. The summed E-state index contributed by atoms with van der Waals surface area (Å²) in [6.45, 7) is 7.52. The van der Waals surface area contributed by atoms with E-state index >= 15 is 0 Å². The predicted molar refractivity (Wildman–Crippen MR) is 77.5 cm³/mol. The maximum atomic E-state index is 4.58. The minimum atomic E-state index is 0.766. The normalized spacial score (nSPS) is 24.9. The second kappa shape index (κ2) is 5.45. The number of piperidine rings is 1. The van der Waals surface area contributed by atoms with Crippen LogP contribution in [0.5, 0.6) is 0 Å². The largest absolute Gasteiger partial charge is 0.341 e. The van der Waals surface area contributed by atoms with Crippen LogP contribution in [0.4, 0.5) is 5.95 Å². The molecule has 0 aromatic carbocycles. The van der Waals surface area contributed by atoms with Crippen LogP contribution in [0.2, 0.25) is 0 Å². The van der Waals surface area contributed by atoms with Crippen molar-refractivity contribution in [3.05, 3.63) is 17.5 Å². The molecule has 0 saturated carbocycles. The highest BCUT2D eigenvalue weighted by molar-refractivity contribution is 5.32. The maximum absolute atomic E-state index is 4.58. The summed E-state index contributed by atoms with van der Waals surface area (Å²) >= 11 is 0. The minimum Gasteiger partial charge on any atom is -0.341 e. The van der Waals surface area contributed by atoms with Crippen molar-refractivity contribution in [1.29, 1.82) is 0 Å². The Bertz CT molecular complexity index is 412. The van der Waals surface area contributed by atoms with Gasteiger partial charge >= 0.3 is 0 Å². The molecule has 1 N–H and O–H groups in total. The van der Waals surface area contributed by atoms with E-state index in [0.717, 1.165) is 42.4 Å². The molecule has 0 spiro atoms. The third kappa shape index (κ3) is 2.89. The second-order valence-electron chi connectivity index (χ2n) is 5.98. The first-order chi connectivity index (χ1) is 9.22. The Hall–Kier alpha value is -1.16. The van der Waals surface area contributed by atoms with E-state index in [1.807, 2.05) is 19.9 Å². The van der Waals surface area contributed by atoms with Gasteiger partial charge in [0.2, 0.25) is 5.95 Å². The fraction of sp³-hybridized carbons (Fsp3) is 0.733. The van der Waals surface area contributed by atoms with Crippen molar-refractivity contribution in [2.45, 2.75) is 45.6 Å². The van der Waals surface area contributed by atoms with E-state index < -0.39 is 0 Å². The van der Waals surface area contributed by atoms with Gasteiger partial charge in [-0.1, -0.05) is 0 Å². The molecule has 4 nitrogen and oxygen atoms in total. The van der Waals surface area contributed by atoms with Crippen molar-refractivity contribution in [3.8, 4) is 0 Å². The first-order valence-corrected chi connectivity index (χ1v) is 7.53. The van der Waals surface area contributed by atoms with Crippen molar-refractivity contribution in [1.82, 2.24) is 15.3 Å². The molecule has 1 aromatic rings. The highest BCUT2D eigenvalue weighted by atomic mass is 15.3. The Morgan fingerprint density at radius 3 is 2.37 bits per heavy atom. The summed E-state index contributed by atoms with van der Waals surface area (Å²) in [5.41, 5.74) is 2.14. The summed E-state index contributed by atoms with van der Waals surface area (Å²) in [6.07, 6.45) is 5.26. The predicted octanol–water partition coefficient (Wildman–Crippen LogP) is 2.06. The lowest BCUT2D eigenvalue weighted by atomic mass is 9.89. The Morgan fingerprint density at radius 2 is 1.79 bits per heavy atom. The molecule has 19 heavy (non-hydrogen) atoms. The molecule has 2 aliphatic heterocycles. The monoisotopic (exact) mass is 260 g/mol. The zero-order chi connectivity index (χ0) is 13.2. The lowest BCUT2D eigenvalue weighted by molar-refractivity contribution is 0.317. The number of aromatic nitrogens is 2. The van der Waals surface area contributed by atoms with Gasteiger partial charge in [-0.15, -0.1) is 0 Å². The van der Waals surface area contributed by atoms with Gasteiger partial charge in [0, 0.05) is 30.5 Å². The van der Waals surface area contributed by atoms with Gasteiger partial charge < -0.3 is 10.2 Å². The molecule has 1 atom stereocenters. The standard InChI is InChI=1S/C15H24N4/c1-11-10-12(2)18-15(17-11)19-8-5-13(6-9-19)14-4-3-7-16-14/h10,13-14,16H,3-9H2,1-2H3. The molecular formula is C15H24N4. The SMILES string of the molecule is Cc1cc(C)nc(N2CCC(C3CCCN3)CC2)n1. The second-order valence-corrected chi connectivity index (χ2v) is 5.98. The number of aryl methyl sites for hydroxylation is 2. The van der Waals surface area contributed by atoms with E-state index in [0.29, 0.717) is 0 Å². The van der Waals surface area contributed by atoms with Crippen molar-refractivity contribution in [2.24, 2.45) is 5.92 Å². The van der Waals surface area contributed by atoms with Gasteiger partial charge in [-0.05, 0) is 58.1 Å². The number of nitrogens with one attached hydrogen (secondary N) is 1. The molecule has 0 bridgehead atoms. The highest BCUT2D eigenvalue weighted by Gasteiger charge is 2.29. The molecule has 1 unspecified atom stereocenters. The van der Waals surface area contributed by atoms with Crippen LogP contribution in [0.3, 0.4) is 0 Å².